The molecule has 20 heavy (non-hydrogen) atoms. The number of fused-ring (bicyclic) bond motifs is 1. The number of nitrogens with one attached hydrogen (secondary N) is 1. The topological polar surface area (TPSA) is 42.7 Å². The number of rotatable bonds is 4. The smallest absolute Gasteiger partial charge is 0.134 e. The summed E-state index contributed by atoms with van der Waals surface area (Å²) < 4.78 is 2.31. The lowest BCUT2D eigenvalue weighted by Gasteiger charge is -2.20. The van der Waals surface area contributed by atoms with Gasteiger partial charge in [0.15, 0.2) is 0 Å². The Labute approximate surface area is 120 Å². The van der Waals surface area contributed by atoms with E-state index in [4.69, 9.17) is 0 Å². The molecular weight excluding hydrogens is 248 g/mol. The summed E-state index contributed by atoms with van der Waals surface area (Å²) in [5.41, 5.74) is 2.49. The number of anilines is 1. The average Bonchev–Trinajstić information content (AvgIpc) is 2.83. The molecule has 4 heteroatoms. The number of para-hydroxylation sites is 1. The highest BCUT2D eigenvalue weighted by atomic mass is 15.3. The first-order valence-corrected chi connectivity index (χ1v) is 7.44. The van der Waals surface area contributed by atoms with Crippen LogP contribution in [0.15, 0.2) is 24.3 Å². The van der Waals surface area contributed by atoms with Gasteiger partial charge in [0, 0.05) is 31.6 Å². The lowest BCUT2D eigenvalue weighted by atomic mass is 10.0. The number of aromatic nitrogens is 3. The van der Waals surface area contributed by atoms with Crippen LogP contribution in [0, 0.1) is 12.8 Å². The third kappa shape index (κ3) is 2.69. The third-order valence-corrected chi connectivity index (χ3v) is 4.09. The number of nitrogens with zero attached hydrogens (tertiary/aromatic N) is 3. The van der Waals surface area contributed by atoms with Crippen LogP contribution in [-0.2, 0) is 19.4 Å². The predicted molar refractivity (Wildman–Crippen MR) is 80.9 cm³/mol. The first-order valence-electron chi connectivity index (χ1n) is 7.44. The Kier molecular flexibility index (Phi) is 3.72. The second-order valence-electron chi connectivity index (χ2n) is 5.77. The molecule has 0 aliphatic carbocycles. The van der Waals surface area contributed by atoms with Gasteiger partial charge in [-0.15, -0.1) is 10.2 Å². The lowest BCUT2D eigenvalue weighted by Crippen LogP contribution is -2.20. The van der Waals surface area contributed by atoms with Crippen molar-refractivity contribution in [2.24, 2.45) is 5.92 Å². The van der Waals surface area contributed by atoms with E-state index >= 15 is 0 Å². The van der Waals surface area contributed by atoms with Crippen molar-refractivity contribution in [3.63, 3.8) is 0 Å². The summed E-state index contributed by atoms with van der Waals surface area (Å²) in [6, 6.07) is 8.38. The minimum atomic E-state index is 0.740. The predicted octanol–water partition coefficient (Wildman–Crippen LogP) is 2.82. The van der Waals surface area contributed by atoms with Gasteiger partial charge in [-0.1, -0.05) is 25.1 Å². The van der Waals surface area contributed by atoms with E-state index in [0.717, 1.165) is 43.5 Å². The normalized spacial score (nSPS) is 17.8. The number of hydrogen-bond donors (Lipinski definition) is 1. The molecule has 1 aliphatic rings. The van der Waals surface area contributed by atoms with Crippen molar-refractivity contribution in [2.45, 2.75) is 39.7 Å². The van der Waals surface area contributed by atoms with Crippen molar-refractivity contribution in [3.05, 3.63) is 41.5 Å². The van der Waals surface area contributed by atoms with Gasteiger partial charge in [-0.3, -0.25) is 0 Å². The zero-order chi connectivity index (χ0) is 13.9. The molecule has 1 aromatic heterocycles. The lowest BCUT2D eigenvalue weighted by molar-refractivity contribution is 0.403. The Hall–Kier alpha value is -1.84. The van der Waals surface area contributed by atoms with Gasteiger partial charge in [0.1, 0.15) is 11.6 Å². The molecule has 0 saturated heterocycles. The van der Waals surface area contributed by atoms with Crippen LogP contribution in [0.3, 0.4) is 0 Å². The van der Waals surface area contributed by atoms with Crippen LogP contribution in [0.2, 0.25) is 0 Å². The molecular formula is C16H22N4. The molecule has 0 amide bonds. The van der Waals surface area contributed by atoms with Crippen LogP contribution in [0.1, 0.15) is 30.6 Å². The molecule has 106 valence electrons. The van der Waals surface area contributed by atoms with Crippen LogP contribution < -0.4 is 5.32 Å². The summed E-state index contributed by atoms with van der Waals surface area (Å²) >= 11 is 0. The standard InChI is InChI=1S/C16H22N4/c1-12-8-10-20-15(18-19-16(20)11-12)7-9-17-14-6-4-3-5-13(14)2/h3-6,12,17H,7-11H2,1-2H3. The second-order valence-corrected chi connectivity index (χ2v) is 5.77. The van der Waals surface area contributed by atoms with E-state index < -0.39 is 0 Å². The summed E-state index contributed by atoms with van der Waals surface area (Å²) in [5, 5.41) is 12.2. The molecule has 1 N–H and O–H groups in total. The van der Waals surface area contributed by atoms with Crippen molar-refractivity contribution in [2.75, 3.05) is 11.9 Å². The van der Waals surface area contributed by atoms with Crippen LogP contribution in [-0.4, -0.2) is 21.3 Å². The van der Waals surface area contributed by atoms with E-state index in [0.29, 0.717) is 0 Å². The Morgan fingerprint density at radius 3 is 3.00 bits per heavy atom. The van der Waals surface area contributed by atoms with Crippen LogP contribution in [0.5, 0.6) is 0 Å². The highest BCUT2D eigenvalue weighted by molar-refractivity contribution is 5.50. The molecule has 1 aromatic carbocycles. The molecule has 0 bridgehead atoms. The first-order chi connectivity index (χ1) is 9.74. The minimum absolute atomic E-state index is 0.740. The minimum Gasteiger partial charge on any atom is -0.384 e. The summed E-state index contributed by atoms with van der Waals surface area (Å²) in [5.74, 6) is 3.02. The monoisotopic (exact) mass is 270 g/mol. The number of aryl methyl sites for hydroxylation is 1. The quantitative estimate of drug-likeness (QED) is 0.929. The van der Waals surface area contributed by atoms with Gasteiger partial charge in [0.2, 0.25) is 0 Å². The largest absolute Gasteiger partial charge is 0.384 e. The summed E-state index contributed by atoms with van der Waals surface area (Å²) in [6.07, 6.45) is 3.23. The van der Waals surface area contributed by atoms with Gasteiger partial charge in [-0.2, -0.15) is 0 Å². The Bertz CT molecular complexity index is 588. The number of hydrogen-bond acceptors (Lipinski definition) is 3. The Morgan fingerprint density at radius 1 is 1.30 bits per heavy atom. The van der Waals surface area contributed by atoms with Crippen molar-refractivity contribution in [1.82, 2.24) is 14.8 Å². The number of benzene rings is 1. The van der Waals surface area contributed by atoms with Gasteiger partial charge in [-0.25, -0.2) is 0 Å². The molecule has 1 aliphatic heterocycles. The molecule has 1 atom stereocenters. The molecule has 2 aromatic rings. The maximum atomic E-state index is 4.36. The Balaban J connectivity index is 1.61. The van der Waals surface area contributed by atoms with Crippen LogP contribution in [0.4, 0.5) is 5.69 Å². The molecule has 2 heterocycles. The maximum Gasteiger partial charge on any atom is 0.134 e. The first kappa shape index (κ1) is 13.2. The van der Waals surface area contributed by atoms with Gasteiger partial charge >= 0.3 is 0 Å². The van der Waals surface area contributed by atoms with Gasteiger partial charge < -0.3 is 9.88 Å². The van der Waals surface area contributed by atoms with E-state index in [-0.39, 0.29) is 0 Å². The van der Waals surface area contributed by atoms with Crippen LogP contribution in [0.25, 0.3) is 0 Å². The van der Waals surface area contributed by atoms with Crippen molar-refractivity contribution < 1.29 is 0 Å². The van der Waals surface area contributed by atoms with Gasteiger partial charge in [-0.05, 0) is 30.9 Å². The molecule has 1 unspecified atom stereocenters. The molecule has 0 radical (unpaired) electrons. The summed E-state index contributed by atoms with van der Waals surface area (Å²) in [4.78, 5) is 0. The highest BCUT2D eigenvalue weighted by Crippen LogP contribution is 2.20. The molecule has 0 spiro atoms. The fraction of sp³-hybridized carbons (Fsp3) is 0.500. The zero-order valence-corrected chi connectivity index (χ0v) is 12.3. The SMILES string of the molecule is Cc1ccccc1NCCc1nnc2n1CCC(C)C2. The Morgan fingerprint density at radius 2 is 2.15 bits per heavy atom. The molecule has 0 saturated carbocycles. The third-order valence-electron chi connectivity index (χ3n) is 4.09. The van der Waals surface area contributed by atoms with E-state index in [2.05, 4.69) is 58.2 Å². The van der Waals surface area contributed by atoms with Gasteiger partial charge in [0.25, 0.3) is 0 Å². The summed E-state index contributed by atoms with van der Waals surface area (Å²) in [7, 11) is 0. The van der Waals surface area contributed by atoms with Crippen molar-refractivity contribution in [3.8, 4) is 0 Å². The van der Waals surface area contributed by atoms with E-state index in [1.54, 1.807) is 0 Å². The average molecular weight is 270 g/mol. The highest BCUT2D eigenvalue weighted by Gasteiger charge is 2.19. The van der Waals surface area contributed by atoms with E-state index in [1.165, 1.54) is 17.7 Å². The molecule has 0 fully saturated rings. The fourth-order valence-electron chi connectivity index (χ4n) is 2.81. The van der Waals surface area contributed by atoms with Crippen LogP contribution >= 0.6 is 0 Å². The van der Waals surface area contributed by atoms with Crippen molar-refractivity contribution >= 4 is 5.69 Å². The second kappa shape index (κ2) is 5.65. The fourth-order valence-corrected chi connectivity index (χ4v) is 2.81. The van der Waals surface area contributed by atoms with E-state index in [1.807, 2.05) is 0 Å². The zero-order valence-electron chi connectivity index (χ0n) is 12.3. The molecule has 4 nitrogen and oxygen atoms in total. The van der Waals surface area contributed by atoms with Crippen molar-refractivity contribution in [1.29, 1.82) is 0 Å². The summed E-state index contributed by atoms with van der Waals surface area (Å²) in [6.45, 7) is 6.39. The molecule has 3 rings (SSSR count). The van der Waals surface area contributed by atoms with E-state index in [9.17, 15) is 0 Å². The maximum absolute atomic E-state index is 4.36. The van der Waals surface area contributed by atoms with Gasteiger partial charge in [0.05, 0.1) is 0 Å².